The maximum atomic E-state index is 12.1. The van der Waals surface area contributed by atoms with E-state index in [4.69, 9.17) is 9.47 Å². The van der Waals surface area contributed by atoms with Gasteiger partial charge < -0.3 is 14.8 Å². The number of halogens is 3. The molecule has 0 spiro atoms. The molecule has 0 aliphatic carbocycles. The van der Waals surface area contributed by atoms with Crippen LogP contribution >= 0.6 is 47.8 Å². The summed E-state index contributed by atoms with van der Waals surface area (Å²) < 4.78 is 13.0. The van der Waals surface area contributed by atoms with Gasteiger partial charge in [0.25, 0.3) is 0 Å². The first-order chi connectivity index (χ1) is 11.4. The predicted molar refractivity (Wildman–Crippen MR) is 107 cm³/mol. The average molecular weight is 520 g/mol. The Balaban J connectivity index is 2.15. The van der Waals surface area contributed by atoms with Crippen molar-refractivity contribution in [3.8, 4) is 11.5 Å². The van der Waals surface area contributed by atoms with Gasteiger partial charge in [0.1, 0.15) is 11.5 Å². The Morgan fingerprint density at radius 1 is 1.04 bits per heavy atom. The van der Waals surface area contributed by atoms with E-state index in [2.05, 4.69) is 53.1 Å². The smallest absolute Gasteiger partial charge is 0.248 e. The second kappa shape index (κ2) is 8.69. The van der Waals surface area contributed by atoms with Crippen LogP contribution in [-0.2, 0) is 4.79 Å². The van der Waals surface area contributed by atoms with Crippen LogP contribution in [0.1, 0.15) is 5.56 Å². The number of nitrogens with one attached hydrogen (secondary N) is 1. The summed E-state index contributed by atoms with van der Waals surface area (Å²) in [7, 11) is 3.17. The third-order valence-corrected chi connectivity index (χ3v) is 4.74. The van der Waals surface area contributed by atoms with Gasteiger partial charge >= 0.3 is 0 Å². The quantitative estimate of drug-likeness (QED) is 0.520. The Kier molecular flexibility index (Phi) is 6.89. The van der Waals surface area contributed by atoms with Crippen molar-refractivity contribution in [2.75, 3.05) is 19.5 Å². The highest BCUT2D eigenvalue weighted by atomic mass is 79.9. The first-order valence-electron chi connectivity index (χ1n) is 6.80. The maximum absolute atomic E-state index is 12.1. The van der Waals surface area contributed by atoms with Crippen LogP contribution in [0.4, 0.5) is 5.69 Å². The molecule has 126 valence electrons. The van der Waals surface area contributed by atoms with E-state index in [0.29, 0.717) is 17.2 Å². The van der Waals surface area contributed by atoms with Gasteiger partial charge in [0.2, 0.25) is 5.91 Å². The summed E-state index contributed by atoms with van der Waals surface area (Å²) in [5, 5.41) is 2.80. The fourth-order valence-electron chi connectivity index (χ4n) is 2.01. The van der Waals surface area contributed by atoms with Crippen LogP contribution < -0.4 is 14.8 Å². The first kappa shape index (κ1) is 19.0. The molecule has 24 heavy (non-hydrogen) atoms. The minimum absolute atomic E-state index is 0.245. The van der Waals surface area contributed by atoms with E-state index in [1.54, 1.807) is 38.5 Å². The van der Waals surface area contributed by atoms with Gasteiger partial charge in [-0.05, 0) is 68.3 Å². The molecule has 1 N–H and O–H groups in total. The SMILES string of the molecule is COc1ccc(NC(=O)C=Cc2cc(Br)cc(Br)c2OC)cc1Br. The van der Waals surface area contributed by atoms with Crippen molar-refractivity contribution in [3.63, 3.8) is 0 Å². The lowest BCUT2D eigenvalue weighted by Crippen LogP contribution is -2.07. The van der Waals surface area contributed by atoms with E-state index in [9.17, 15) is 4.79 Å². The van der Waals surface area contributed by atoms with E-state index >= 15 is 0 Å². The van der Waals surface area contributed by atoms with Gasteiger partial charge in [-0.25, -0.2) is 0 Å². The normalized spacial score (nSPS) is 10.7. The summed E-state index contributed by atoms with van der Waals surface area (Å²) in [6.45, 7) is 0. The van der Waals surface area contributed by atoms with E-state index in [1.807, 2.05) is 12.1 Å². The average Bonchev–Trinajstić information content (AvgIpc) is 2.52. The number of ether oxygens (including phenoxy) is 2. The highest BCUT2D eigenvalue weighted by Gasteiger charge is 2.08. The lowest BCUT2D eigenvalue weighted by molar-refractivity contribution is -0.111. The lowest BCUT2D eigenvalue weighted by atomic mass is 10.2. The van der Waals surface area contributed by atoms with Gasteiger partial charge in [-0.1, -0.05) is 15.9 Å². The predicted octanol–water partition coefficient (Wildman–Crippen LogP) is 5.64. The molecule has 0 bridgehead atoms. The molecule has 0 aliphatic rings. The molecule has 2 aromatic rings. The molecule has 0 aromatic heterocycles. The molecule has 2 rings (SSSR count). The van der Waals surface area contributed by atoms with Crippen molar-refractivity contribution < 1.29 is 14.3 Å². The summed E-state index contributed by atoms with van der Waals surface area (Å²) in [4.78, 5) is 12.1. The summed E-state index contributed by atoms with van der Waals surface area (Å²) in [5.74, 6) is 1.12. The van der Waals surface area contributed by atoms with Gasteiger partial charge in [0, 0.05) is 21.8 Å². The largest absolute Gasteiger partial charge is 0.496 e. The third kappa shape index (κ3) is 4.84. The fourth-order valence-corrected chi connectivity index (χ4v) is 3.97. The molecule has 2 aromatic carbocycles. The standard InChI is InChI=1S/C17H14Br3NO3/c1-23-15-5-4-12(9-13(15)19)21-16(22)6-3-10-7-11(18)8-14(20)17(10)24-2/h3-9H,1-2H3,(H,21,22). The van der Waals surface area contributed by atoms with E-state index in [-0.39, 0.29) is 5.91 Å². The highest BCUT2D eigenvalue weighted by Crippen LogP contribution is 2.33. The van der Waals surface area contributed by atoms with Gasteiger partial charge in [-0.3, -0.25) is 4.79 Å². The summed E-state index contributed by atoms with van der Waals surface area (Å²) in [6, 6.07) is 9.08. The Morgan fingerprint density at radius 2 is 1.79 bits per heavy atom. The van der Waals surface area contributed by atoms with E-state index < -0.39 is 0 Å². The highest BCUT2D eigenvalue weighted by molar-refractivity contribution is 9.11. The van der Waals surface area contributed by atoms with Gasteiger partial charge in [-0.15, -0.1) is 0 Å². The number of benzene rings is 2. The van der Waals surface area contributed by atoms with E-state index in [0.717, 1.165) is 19.0 Å². The third-order valence-electron chi connectivity index (χ3n) is 3.07. The summed E-state index contributed by atoms with van der Waals surface area (Å²) in [5.41, 5.74) is 1.45. The monoisotopic (exact) mass is 517 g/mol. The number of rotatable bonds is 5. The molecule has 7 heteroatoms. The number of hydrogen-bond acceptors (Lipinski definition) is 3. The molecule has 0 atom stereocenters. The Labute approximate surface area is 165 Å². The lowest BCUT2D eigenvalue weighted by Gasteiger charge is -2.09. The fraction of sp³-hybridized carbons (Fsp3) is 0.118. The Hall–Kier alpha value is -1.31. The second-order valence-corrected chi connectivity index (χ2v) is 7.31. The zero-order chi connectivity index (χ0) is 17.7. The molecule has 0 saturated heterocycles. The molecule has 0 heterocycles. The van der Waals surface area contributed by atoms with Crippen molar-refractivity contribution in [1.29, 1.82) is 0 Å². The number of carbonyl (C=O) groups excluding carboxylic acids is 1. The number of methoxy groups -OCH3 is 2. The molecular weight excluding hydrogens is 506 g/mol. The van der Waals surface area contributed by atoms with Crippen molar-refractivity contribution in [3.05, 3.63) is 55.4 Å². The minimum Gasteiger partial charge on any atom is -0.496 e. The van der Waals surface area contributed by atoms with Crippen molar-refractivity contribution in [1.82, 2.24) is 0 Å². The van der Waals surface area contributed by atoms with Crippen LogP contribution in [0.25, 0.3) is 6.08 Å². The van der Waals surface area contributed by atoms with Crippen molar-refractivity contribution in [2.45, 2.75) is 0 Å². The van der Waals surface area contributed by atoms with Crippen LogP contribution in [0, 0.1) is 0 Å². The number of carbonyl (C=O) groups is 1. The molecule has 0 fully saturated rings. The van der Waals surface area contributed by atoms with Crippen molar-refractivity contribution >= 4 is 65.5 Å². The van der Waals surface area contributed by atoms with Crippen LogP contribution in [0.5, 0.6) is 11.5 Å². The van der Waals surface area contributed by atoms with Crippen LogP contribution in [0.3, 0.4) is 0 Å². The molecule has 1 amide bonds. The molecule has 0 aliphatic heterocycles. The molecular formula is C17H14Br3NO3. The Morgan fingerprint density at radius 3 is 2.42 bits per heavy atom. The van der Waals surface area contributed by atoms with Crippen molar-refractivity contribution in [2.24, 2.45) is 0 Å². The zero-order valence-corrected chi connectivity index (χ0v) is 17.7. The first-order valence-corrected chi connectivity index (χ1v) is 9.18. The number of anilines is 1. The molecule has 0 unspecified atom stereocenters. The van der Waals surface area contributed by atoms with Crippen LogP contribution in [0.2, 0.25) is 0 Å². The summed E-state index contributed by atoms with van der Waals surface area (Å²) >= 11 is 10.2. The number of amides is 1. The van der Waals surface area contributed by atoms with Crippen LogP contribution in [-0.4, -0.2) is 20.1 Å². The maximum Gasteiger partial charge on any atom is 0.248 e. The molecule has 0 radical (unpaired) electrons. The van der Waals surface area contributed by atoms with Gasteiger partial charge in [-0.2, -0.15) is 0 Å². The second-order valence-electron chi connectivity index (χ2n) is 4.68. The minimum atomic E-state index is -0.245. The van der Waals surface area contributed by atoms with Gasteiger partial charge in [0.05, 0.1) is 23.2 Å². The summed E-state index contributed by atoms with van der Waals surface area (Å²) in [6.07, 6.45) is 3.15. The topological polar surface area (TPSA) is 47.6 Å². The number of hydrogen-bond donors (Lipinski definition) is 1. The van der Waals surface area contributed by atoms with Gasteiger partial charge in [0.15, 0.2) is 0 Å². The zero-order valence-electron chi connectivity index (χ0n) is 12.9. The van der Waals surface area contributed by atoms with Crippen LogP contribution in [0.15, 0.2) is 49.8 Å². The molecule has 4 nitrogen and oxygen atoms in total. The molecule has 0 saturated carbocycles. The van der Waals surface area contributed by atoms with E-state index in [1.165, 1.54) is 6.08 Å². The Bertz CT molecular complexity index is 791.